The number of hydrogen-bond acceptors (Lipinski definition) is 3. The van der Waals surface area contributed by atoms with E-state index in [2.05, 4.69) is 10.4 Å². The fraction of sp³-hybridized carbons (Fsp3) is 0.267. The van der Waals surface area contributed by atoms with Gasteiger partial charge in [-0.2, -0.15) is 5.10 Å². The fourth-order valence-electron chi connectivity index (χ4n) is 1.78. The lowest BCUT2D eigenvalue weighted by Crippen LogP contribution is -2.27. The second-order valence-corrected chi connectivity index (χ2v) is 4.91. The largest absolute Gasteiger partial charge is 0.348 e. The van der Waals surface area contributed by atoms with Gasteiger partial charge >= 0.3 is 0 Å². The Morgan fingerprint density at radius 1 is 1.24 bits per heavy atom. The molecule has 0 bridgehead atoms. The minimum absolute atomic E-state index is 0.151. The Hall–Kier alpha value is -2.63. The fourth-order valence-corrected chi connectivity index (χ4v) is 1.78. The van der Waals surface area contributed by atoms with Gasteiger partial charge in [0.2, 0.25) is 11.8 Å². The zero-order valence-electron chi connectivity index (χ0n) is 12.1. The Morgan fingerprint density at radius 2 is 1.95 bits per heavy atom. The topological polar surface area (TPSA) is 67.2 Å². The van der Waals surface area contributed by atoms with E-state index in [4.69, 9.17) is 0 Å². The lowest BCUT2D eigenvalue weighted by Gasteiger charge is -2.10. The van der Waals surface area contributed by atoms with Crippen LogP contribution in [0.5, 0.6) is 0 Å². The number of aromatic nitrogens is 2. The van der Waals surface area contributed by atoms with Gasteiger partial charge in [0, 0.05) is 32.2 Å². The third-order valence-corrected chi connectivity index (χ3v) is 2.95. The van der Waals surface area contributed by atoms with E-state index >= 15 is 0 Å². The van der Waals surface area contributed by atoms with Gasteiger partial charge in [-0.05, 0) is 23.8 Å². The molecule has 0 aliphatic heterocycles. The van der Waals surface area contributed by atoms with E-state index in [-0.39, 0.29) is 18.2 Å². The van der Waals surface area contributed by atoms with Gasteiger partial charge in [0.1, 0.15) is 6.42 Å². The van der Waals surface area contributed by atoms with Crippen LogP contribution in [0.3, 0.4) is 0 Å². The molecular formula is C15H18N4O2. The van der Waals surface area contributed by atoms with Crippen LogP contribution < -0.4 is 5.32 Å². The van der Waals surface area contributed by atoms with Gasteiger partial charge in [0.05, 0.1) is 6.54 Å². The third kappa shape index (κ3) is 4.45. The van der Waals surface area contributed by atoms with Crippen LogP contribution in [0.2, 0.25) is 0 Å². The first-order valence-electron chi connectivity index (χ1n) is 6.61. The molecule has 0 saturated heterocycles. The summed E-state index contributed by atoms with van der Waals surface area (Å²) in [6.45, 7) is 0.681. The zero-order valence-corrected chi connectivity index (χ0v) is 12.1. The normalized spacial score (nSPS) is 10.2. The van der Waals surface area contributed by atoms with E-state index in [0.717, 1.165) is 5.56 Å². The van der Waals surface area contributed by atoms with E-state index < -0.39 is 0 Å². The molecule has 0 aliphatic carbocycles. The Bertz CT molecular complexity index is 603. The van der Waals surface area contributed by atoms with Gasteiger partial charge in [-0.25, -0.2) is 0 Å². The van der Waals surface area contributed by atoms with Crippen LogP contribution in [0.25, 0.3) is 0 Å². The summed E-state index contributed by atoms with van der Waals surface area (Å²) in [5.74, 6) is -0.531. The zero-order chi connectivity index (χ0) is 15.2. The highest BCUT2D eigenvalue weighted by molar-refractivity contribution is 6.03. The van der Waals surface area contributed by atoms with Crippen molar-refractivity contribution < 1.29 is 9.59 Å². The first-order chi connectivity index (χ1) is 10.0. The minimum Gasteiger partial charge on any atom is -0.348 e. The Labute approximate surface area is 123 Å². The van der Waals surface area contributed by atoms with E-state index in [1.807, 2.05) is 41.2 Å². The van der Waals surface area contributed by atoms with Crippen LogP contribution in [-0.4, -0.2) is 40.6 Å². The molecule has 0 fully saturated rings. The quantitative estimate of drug-likeness (QED) is 0.844. The van der Waals surface area contributed by atoms with Crippen molar-refractivity contribution >= 4 is 17.5 Å². The van der Waals surface area contributed by atoms with Crippen LogP contribution in [0.4, 0.5) is 5.69 Å². The Balaban J connectivity index is 1.90. The average molecular weight is 286 g/mol. The highest BCUT2D eigenvalue weighted by atomic mass is 16.2. The highest BCUT2D eigenvalue weighted by Crippen LogP contribution is 2.11. The molecule has 6 heteroatoms. The molecule has 2 aromatic rings. The van der Waals surface area contributed by atoms with Gasteiger partial charge in [-0.15, -0.1) is 0 Å². The van der Waals surface area contributed by atoms with E-state index in [9.17, 15) is 9.59 Å². The van der Waals surface area contributed by atoms with E-state index in [0.29, 0.717) is 12.2 Å². The van der Waals surface area contributed by atoms with Crippen molar-refractivity contribution in [3.05, 3.63) is 48.3 Å². The van der Waals surface area contributed by atoms with Crippen LogP contribution in [-0.2, 0) is 16.1 Å². The van der Waals surface area contributed by atoms with Gasteiger partial charge in [0.15, 0.2) is 0 Å². The Morgan fingerprint density at radius 3 is 2.52 bits per heavy atom. The Kier molecular flexibility index (Phi) is 4.71. The minimum atomic E-state index is -0.312. The maximum absolute atomic E-state index is 11.7. The summed E-state index contributed by atoms with van der Waals surface area (Å²) < 4.78 is 1.82. The second-order valence-electron chi connectivity index (χ2n) is 4.91. The number of carbonyl (C=O) groups is 2. The molecule has 0 saturated carbocycles. The number of nitrogens with one attached hydrogen (secondary N) is 1. The average Bonchev–Trinajstić information content (AvgIpc) is 2.93. The van der Waals surface area contributed by atoms with Gasteiger partial charge in [-0.1, -0.05) is 12.1 Å². The lowest BCUT2D eigenvalue weighted by atomic mass is 10.2. The van der Waals surface area contributed by atoms with Crippen molar-refractivity contribution in [1.29, 1.82) is 0 Å². The number of anilines is 1. The molecule has 0 spiro atoms. The first kappa shape index (κ1) is 14.8. The first-order valence-corrected chi connectivity index (χ1v) is 6.61. The van der Waals surface area contributed by atoms with Gasteiger partial charge in [0.25, 0.3) is 0 Å². The molecule has 1 aromatic heterocycles. The molecular weight excluding hydrogens is 268 g/mol. The summed E-state index contributed by atoms with van der Waals surface area (Å²) in [5.41, 5.74) is 1.76. The van der Waals surface area contributed by atoms with Crippen molar-refractivity contribution in [1.82, 2.24) is 14.7 Å². The second kappa shape index (κ2) is 6.69. The predicted octanol–water partition coefficient (Wildman–Crippen LogP) is 1.35. The smallest absolute Gasteiger partial charge is 0.233 e. The summed E-state index contributed by atoms with van der Waals surface area (Å²) in [6.07, 6.45) is 3.47. The summed E-state index contributed by atoms with van der Waals surface area (Å²) in [7, 11) is 3.25. The van der Waals surface area contributed by atoms with Crippen molar-refractivity contribution in [2.24, 2.45) is 0 Å². The molecule has 0 radical (unpaired) electrons. The van der Waals surface area contributed by atoms with Crippen molar-refractivity contribution in [3.63, 3.8) is 0 Å². The number of benzene rings is 1. The molecule has 6 nitrogen and oxygen atoms in total. The van der Waals surface area contributed by atoms with Crippen LogP contribution in [0.1, 0.15) is 12.0 Å². The molecule has 2 amide bonds. The number of nitrogens with zero attached hydrogens (tertiary/aromatic N) is 3. The number of rotatable bonds is 5. The van der Waals surface area contributed by atoms with Crippen LogP contribution >= 0.6 is 0 Å². The van der Waals surface area contributed by atoms with Crippen molar-refractivity contribution in [2.75, 3.05) is 19.4 Å². The molecule has 1 heterocycles. The summed E-state index contributed by atoms with van der Waals surface area (Å²) in [4.78, 5) is 24.5. The molecule has 21 heavy (non-hydrogen) atoms. The highest BCUT2D eigenvalue weighted by Gasteiger charge is 2.11. The third-order valence-electron chi connectivity index (χ3n) is 2.95. The molecule has 0 aliphatic rings. The number of carbonyl (C=O) groups excluding carboxylic acids is 2. The summed E-state index contributed by atoms with van der Waals surface area (Å²) in [6, 6.07) is 9.35. The summed E-state index contributed by atoms with van der Waals surface area (Å²) in [5, 5.41) is 6.84. The number of hydrogen-bond donors (Lipinski definition) is 1. The van der Waals surface area contributed by atoms with E-state index in [1.165, 1.54) is 4.90 Å². The SMILES string of the molecule is CN(C)C(=O)CC(=O)Nc1ccc(Cn2cccn2)cc1. The molecule has 2 rings (SSSR count). The van der Waals surface area contributed by atoms with E-state index in [1.54, 1.807) is 20.3 Å². The summed E-state index contributed by atoms with van der Waals surface area (Å²) >= 11 is 0. The molecule has 110 valence electrons. The van der Waals surface area contributed by atoms with Crippen molar-refractivity contribution in [2.45, 2.75) is 13.0 Å². The monoisotopic (exact) mass is 286 g/mol. The maximum atomic E-state index is 11.7. The van der Waals surface area contributed by atoms with Crippen molar-refractivity contribution in [3.8, 4) is 0 Å². The molecule has 1 N–H and O–H groups in total. The standard InChI is InChI=1S/C15H18N4O2/c1-18(2)15(21)10-14(20)17-13-6-4-12(5-7-13)11-19-9-3-8-16-19/h3-9H,10-11H2,1-2H3,(H,17,20). The molecule has 0 atom stereocenters. The predicted molar refractivity (Wildman–Crippen MR) is 79.7 cm³/mol. The van der Waals surface area contributed by atoms with Crippen LogP contribution in [0, 0.1) is 0 Å². The molecule has 0 unspecified atom stereocenters. The van der Waals surface area contributed by atoms with Gasteiger partial charge < -0.3 is 10.2 Å². The lowest BCUT2D eigenvalue weighted by molar-refractivity contribution is -0.132. The van der Waals surface area contributed by atoms with Crippen LogP contribution in [0.15, 0.2) is 42.7 Å². The number of amides is 2. The van der Waals surface area contributed by atoms with Gasteiger partial charge in [-0.3, -0.25) is 14.3 Å². The maximum Gasteiger partial charge on any atom is 0.233 e. The molecule has 1 aromatic carbocycles.